The first-order valence-corrected chi connectivity index (χ1v) is 11.3. The molecule has 1 N–H and O–H groups in total. The molecule has 0 atom stereocenters. The highest BCUT2D eigenvalue weighted by Gasteiger charge is 2.36. The van der Waals surface area contributed by atoms with Crippen molar-refractivity contribution in [2.75, 3.05) is 11.3 Å². The standard InChI is InChI=1S/C23H21N3O4S/c1-15-5-3-7-20(16(15)2)25-31(29,30)18-10-8-17(9-11-18)12-14-26-22(27)19-6-4-13-24-21(19)23(26)28/h3-11,13,25H,12,14H2,1-2H3. The summed E-state index contributed by atoms with van der Waals surface area (Å²) in [4.78, 5) is 30.1. The molecule has 1 aliphatic heterocycles. The number of nitrogens with zero attached hydrogens (tertiary/aromatic N) is 2. The van der Waals surface area contributed by atoms with Crippen LogP contribution in [0.25, 0.3) is 0 Å². The third-order valence-electron chi connectivity index (χ3n) is 5.44. The van der Waals surface area contributed by atoms with E-state index in [0.717, 1.165) is 16.7 Å². The molecule has 2 heterocycles. The van der Waals surface area contributed by atoms with Gasteiger partial charge in [-0.3, -0.25) is 24.2 Å². The first-order valence-electron chi connectivity index (χ1n) is 9.77. The number of nitrogens with one attached hydrogen (secondary N) is 1. The fourth-order valence-corrected chi connectivity index (χ4v) is 4.58. The number of amides is 2. The van der Waals surface area contributed by atoms with Crippen LogP contribution in [-0.2, 0) is 16.4 Å². The Morgan fingerprint density at radius 2 is 1.68 bits per heavy atom. The molecule has 4 rings (SSSR count). The molecule has 0 unspecified atom stereocenters. The number of imide groups is 1. The molecular weight excluding hydrogens is 414 g/mol. The summed E-state index contributed by atoms with van der Waals surface area (Å²) in [6.45, 7) is 3.98. The minimum absolute atomic E-state index is 0.141. The van der Waals surface area contributed by atoms with Crippen LogP contribution in [0.4, 0.5) is 5.69 Å². The van der Waals surface area contributed by atoms with E-state index in [1.54, 1.807) is 36.4 Å². The number of sulfonamides is 1. The van der Waals surface area contributed by atoms with Crippen molar-refractivity contribution in [3.63, 3.8) is 0 Å². The summed E-state index contributed by atoms with van der Waals surface area (Å²) < 4.78 is 28.1. The summed E-state index contributed by atoms with van der Waals surface area (Å²) >= 11 is 0. The van der Waals surface area contributed by atoms with Gasteiger partial charge < -0.3 is 0 Å². The second-order valence-corrected chi connectivity index (χ2v) is 9.09. The van der Waals surface area contributed by atoms with Crippen molar-refractivity contribution in [2.45, 2.75) is 25.2 Å². The molecule has 3 aromatic rings. The molecule has 0 saturated carbocycles. The van der Waals surface area contributed by atoms with Crippen LogP contribution in [0.2, 0.25) is 0 Å². The molecule has 0 spiro atoms. The number of pyridine rings is 1. The van der Waals surface area contributed by atoms with Gasteiger partial charge in [-0.25, -0.2) is 8.42 Å². The predicted molar refractivity (Wildman–Crippen MR) is 116 cm³/mol. The van der Waals surface area contributed by atoms with Crippen LogP contribution in [0.15, 0.2) is 65.7 Å². The maximum Gasteiger partial charge on any atom is 0.280 e. The summed E-state index contributed by atoms with van der Waals surface area (Å²) in [6, 6.07) is 15.1. The van der Waals surface area contributed by atoms with Gasteiger partial charge in [0.05, 0.1) is 16.1 Å². The van der Waals surface area contributed by atoms with E-state index in [9.17, 15) is 18.0 Å². The van der Waals surface area contributed by atoms with Crippen molar-refractivity contribution in [2.24, 2.45) is 0 Å². The largest absolute Gasteiger partial charge is 0.280 e. The number of hydrogen-bond acceptors (Lipinski definition) is 5. The number of carbonyl (C=O) groups excluding carboxylic acids is 2. The monoisotopic (exact) mass is 435 g/mol. The summed E-state index contributed by atoms with van der Waals surface area (Å²) in [5.74, 6) is -0.762. The van der Waals surface area contributed by atoms with Gasteiger partial charge in [-0.1, -0.05) is 24.3 Å². The zero-order valence-electron chi connectivity index (χ0n) is 17.1. The first-order chi connectivity index (χ1) is 14.8. The van der Waals surface area contributed by atoms with Gasteiger partial charge in [0.2, 0.25) is 0 Å². The Hall–Kier alpha value is -3.52. The van der Waals surface area contributed by atoms with Crippen molar-refractivity contribution < 1.29 is 18.0 Å². The average molecular weight is 436 g/mol. The lowest BCUT2D eigenvalue weighted by Gasteiger charge is -2.14. The molecule has 158 valence electrons. The van der Waals surface area contributed by atoms with Crippen molar-refractivity contribution in [1.29, 1.82) is 0 Å². The Morgan fingerprint density at radius 1 is 0.935 bits per heavy atom. The van der Waals surface area contributed by atoms with Gasteiger partial charge in [0.1, 0.15) is 5.69 Å². The summed E-state index contributed by atoms with van der Waals surface area (Å²) in [7, 11) is -3.73. The SMILES string of the molecule is Cc1cccc(NS(=O)(=O)c2ccc(CCN3C(=O)c4cccnc4C3=O)cc2)c1C. The van der Waals surface area contributed by atoms with E-state index in [0.29, 0.717) is 17.7 Å². The Labute approximate surface area is 180 Å². The van der Waals surface area contributed by atoms with Crippen LogP contribution in [0.3, 0.4) is 0 Å². The Bertz CT molecular complexity index is 1250. The number of anilines is 1. The van der Waals surface area contributed by atoms with Gasteiger partial charge in [-0.15, -0.1) is 0 Å². The number of aryl methyl sites for hydroxylation is 1. The molecule has 1 aliphatic rings. The van der Waals surface area contributed by atoms with E-state index in [4.69, 9.17) is 0 Å². The highest BCUT2D eigenvalue weighted by molar-refractivity contribution is 7.92. The second kappa shape index (κ2) is 7.96. The minimum atomic E-state index is -3.73. The van der Waals surface area contributed by atoms with Crippen LogP contribution < -0.4 is 4.72 Å². The summed E-state index contributed by atoms with van der Waals surface area (Å²) in [5, 5.41) is 0. The molecular formula is C23H21N3O4S. The van der Waals surface area contributed by atoms with Crippen molar-refractivity contribution >= 4 is 27.5 Å². The number of benzene rings is 2. The van der Waals surface area contributed by atoms with E-state index >= 15 is 0 Å². The summed E-state index contributed by atoms with van der Waals surface area (Å²) in [5.41, 5.74) is 3.72. The molecule has 7 nitrogen and oxygen atoms in total. The number of carbonyl (C=O) groups is 2. The minimum Gasteiger partial charge on any atom is -0.279 e. The van der Waals surface area contributed by atoms with Gasteiger partial charge >= 0.3 is 0 Å². The molecule has 0 aliphatic carbocycles. The quantitative estimate of drug-likeness (QED) is 0.599. The molecule has 2 aromatic carbocycles. The van der Waals surface area contributed by atoms with Crippen LogP contribution in [0, 0.1) is 13.8 Å². The predicted octanol–water partition coefficient (Wildman–Crippen LogP) is 3.34. The Morgan fingerprint density at radius 3 is 2.39 bits per heavy atom. The number of rotatable bonds is 6. The Kier molecular flexibility index (Phi) is 5.32. The van der Waals surface area contributed by atoms with Crippen LogP contribution in [0.1, 0.15) is 37.5 Å². The van der Waals surface area contributed by atoms with Gasteiger partial charge in [0.25, 0.3) is 21.8 Å². The third kappa shape index (κ3) is 3.94. The maximum absolute atomic E-state index is 12.7. The maximum atomic E-state index is 12.7. The molecule has 0 fully saturated rings. The molecule has 0 radical (unpaired) electrons. The molecule has 2 amide bonds. The zero-order valence-corrected chi connectivity index (χ0v) is 17.9. The van der Waals surface area contributed by atoms with E-state index in [-0.39, 0.29) is 23.0 Å². The molecule has 0 bridgehead atoms. The first kappa shape index (κ1) is 20.7. The normalized spacial score (nSPS) is 13.4. The van der Waals surface area contributed by atoms with Crippen molar-refractivity contribution in [3.8, 4) is 0 Å². The highest BCUT2D eigenvalue weighted by Crippen LogP contribution is 2.23. The Balaban J connectivity index is 1.45. The lowest BCUT2D eigenvalue weighted by atomic mass is 10.1. The number of aromatic nitrogens is 1. The smallest absolute Gasteiger partial charge is 0.279 e. The molecule has 1 aromatic heterocycles. The van der Waals surface area contributed by atoms with E-state index in [1.807, 2.05) is 19.9 Å². The van der Waals surface area contributed by atoms with E-state index in [1.165, 1.54) is 23.2 Å². The average Bonchev–Trinajstić information content (AvgIpc) is 3.00. The number of fused-ring (bicyclic) bond motifs is 1. The van der Waals surface area contributed by atoms with E-state index in [2.05, 4.69) is 9.71 Å². The molecule has 0 saturated heterocycles. The lowest BCUT2D eigenvalue weighted by molar-refractivity contribution is 0.0654. The van der Waals surface area contributed by atoms with Crippen LogP contribution in [-0.4, -0.2) is 36.7 Å². The van der Waals surface area contributed by atoms with Crippen LogP contribution in [0.5, 0.6) is 0 Å². The van der Waals surface area contributed by atoms with Crippen molar-refractivity contribution in [3.05, 3.63) is 88.7 Å². The lowest BCUT2D eigenvalue weighted by Crippen LogP contribution is -2.31. The highest BCUT2D eigenvalue weighted by atomic mass is 32.2. The molecule has 8 heteroatoms. The van der Waals surface area contributed by atoms with Gasteiger partial charge in [0.15, 0.2) is 0 Å². The van der Waals surface area contributed by atoms with Gasteiger partial charge in [-0.05, 0) is 67.3 Å². The number of hydrogen-bond donors (Lipinski definition) is 1. The van der Waals surface area contributed by atoms with Gasteiger partial charge in [0, 0.05) is 12.7 Å². The second-order valence-electron chi connectivity index (χ2n) is 7.41. The van der Waals surface area contributed by atoms with Crippen LogP contribution >= 0.6 is 0 Å². The zero-order chi connectivity index (χ0) is 22.2. The third-order valence-corrected chi connectivity index (χ3v) is 6.82. The fourth-order valence-electron chi connectivity index (χ4n) is 3.46. The van der Waals surface area contributed by atoms with E-state index < -0.39 is 15.9 Å². The van der Waals surface area contributed by atoms with Gasteiger partial charge in [-0.2, -0.15) is 0 Å². The summed E-state index contributed by atoms with van der Waals surface area (Å²) in [6.07, 6.45) is 1.90. The van der Waals surface area contributed by atoms with Crippen molar-refractivity contribution in [1.82, 2.24) is 9.88 Å². The fraction of sp³-hybridized carbons (Fsp3) is 0.174. The topological polar surface area (TPSA) is 96.4 Å². The molecule has 31 heavy (non-hydrogen) atoms.